The van der Waals surface area contributed by atoms with Gasteiger partial charge in [0.15, 0.2) is 0 Å². The van der Waals surface area contributed by atoms with Crippen LogP contribution in [0.2, 0.25) is 0 Å². The molecular formula is C27H25NO2. The van der Waals surface area contributed by atoms with Crippen molar-refractivity contribution in [1.29, 1.82) is 0 Å². The number of likely N-dealkylation sites (N-methyl/N-ethyl adjacent to an activating group) is 1. The molecule has 4 rings (SSSR count). The summed E-state index contributed by atoms with van der Waals surface area (Å²) in [5, 5.41) is 0. The lowest BCUT2D eigenvalue weighted by Crippen LogP contribution is -2.30. The molecule has 0 heterocycles. The van der Waals surface area contributed by atoms with Gasteiger partial charge in [0.25, 0.3) is 0 Å². The molecule has 0 N–H and O–H groups in total. The van der Waals surface area contributed by atoms with Crippen LogP contribution >= 0.6 is 0 Å². The molecule has 30 heavy (non-hydrogen) atoms. The highest BCUT2D eigenvalue weighted by molar-refractivity contribution is 5.84. The molecule has 3 aromatic rings. The third-order valence-electron chi connectivity index (χ3n) is 5.48. The zero-order chi connectivity index (χ0) is 20.9. The first-order valence-corrected chi connectivity index (χ1v) is 10.2. The Morgan fingerprint density at radius 3 is 2.07 bits per heavy atom. The number of fused-ring (bicyclic) bond motifs is 2. The molecule has 0 saturated carbocycles. The first-order valence-electron chi connectivity index (χ1n) is 10.2. The van der Waals surface area contributed by atoms with Gasteiger partial charge in [-0.1, -0.05) is 79.4 Å². The van der Waals surface area contributed by atoms with Crippen LogP contribution in [0.4, 0.5) is 4.79 Å². The van der Waals surface area contributed by atoms with Crippen LogP contribution in [0.25, 0.3) is 11.6 Å². The second kappa shape index (κ2) is 8.83. The highest BCUT2D eigenvalue weighted by atomic mass is 16.6. The van der Waals surface area contributed by atoms with Gasteiger partial charge >= 0.3 is 6.09 Å². The van der Waals surface area contributed by atoms with Gasteiger partial charge < -0.3 is 9.64 Å². The molecule has 3 heteroatoms. The van der Waals surface area contributed by atoms with Gasteiger partial charge in [-0.2, -0.15) is 0 Å². The van der Waals surface area contributed by atoms with Gasteiger partial charge in [-0.25, -0.2) is 4.79 Å². The van der Waals surface area contributed by atoms with Gasteiger partial charge in [-0.05, 0) is 58.4 Å². The Morgan fingerprint density at radius 2 is 1.50 bits per heavy atom. The Bertz CT molecular complexity index is 1050. The van der Waals surface area contributed by atoms with Gasteiger partial charge in [0.2, 0.25) is 0 Å². The lowest BCUT2D eigenvalue weighted by atomic mass is 9.94. The van der Waals surface area contributed by atoms with Crippen molar-refractivity contribution in [3.63, 3.8) is 0 Å². The molecule has 0 aromatic heterocycles. The Kier molecular flexibility index (Phi) is 5.80. The molecule has 0 unspecified atom stereocenters. The summed E-state index contributed by atoms with van der Waals surface area (Å²) in [6.07, 6.45) is 5.54. The molecule has 0 radical (unpaired) electrons. The Morgan fingerprint density at radius 1 is 0.933 bits per heavy atom. The van der Waals surface area contributed by atoms with Crippen LogP contribution in [0.15, 0.2) is 85.5 Å². The summed E-state index contributed by atoms with van der Waals surface area (Å²) in [4.78, 5) is 14.1. The minimum Gasteiger partial charge on any atom is -0.410 e. The summed E-state index contributed by atoms with van der Waals surface area (Å²) in [6, 6.07) is 24.4. The van der Waals surface area contributed by atoms with E-state index in [9.17, 15) is 4.79 Å². The second-order valence-corrected chi connectivity index (χ2v) is 7.45. The van der Waals surface area contributed by atoms with Crippen molar-refractivity contribution in [1.82, 2.24) is 4.90 Å². The van der Waals surface area contributed by atoms with E-state index >= 15 is 0 Å². The lowest BCUT2D eigenvalue weighted by Gasteiger charge is -2.17. The molecule has 1 aliphatic rings. The molecule has 1 amide bonds. The van der Waals surface area contributed by atoms with E-state index in [-0.39, 0.29) is 6.09 Å². The van der Waals surface area contributed by atoms with E-state index in [2.05, 4.69) is 61.2 Å². The third kappa shape index (κ3) is 4.20. The topological polar surface area (TPSA) is 29.5 Å². The minimum atomic E-state index is -0.381. The quantitative estimate of drug-likeness (QED) is 0.543. The smallest absolute Gasteiger partial charge is 0.410 e. The maximum atomic E-state index is 12.6. The monoisotopic (exact) mass is 395 g/mol. The van der Waals surface area contributed by atoms with E-state index < -0.39 is 0 Å². The highest BCUT2D eigenvalue weighted by Crippen LogP contribution is 2.33. The standard InChI is InChI=1S/C27H25NO2/c1-3-20-12-16-23(17-13-20)30-27(29)28(2)19-18-26-24-10-6-4-8-21(24)14-15-22-9-5-7-11-25(22)26/h3-13,16-18H,1,14-15,19H2,2H3. The second-order valence-electron chi connectivity index (χ2n) is 7.45. The van der Waals surface area contributed by atoms with Gasteiger partial charge in [0.05, 0.1) is 0 Å². The van der Waals surface area contributed by atoms with Gasteiger partial charge in [-0.3, -0.25) is 0 Å². The van der Waals surface area contributed by atoms with Crippen molar-refractivity contribution in [3.05, 3.63) is 113 Å². The molecule has 3 aromatic carbocycles. The van der Waals surface area contributed by atoms with E-state index in [4.69, 9.17) is 4.74 Å². The molecule has 3 nitrogen and oxygen atoms in total. The fourth-order valence-corrected chi connectivity index (χ4v) is 3.79. The number of carbonyl (C=O) groups is 1. The first kappa shape index (κ1) is 19.7. The summed E-state index contributed by atoms with van der Waals surface area (Å²) < 4.78 is 5.50. The van der Waals surface area contributed by atoms with Crippen molar-refractivity contribution in [3.8, 4) is 5.75 Å². The van der Waals surface area contributed by atoms with Gasteiger partial charge in [0.1, 0.15) is 5.75 Å². The van der Waals surface area contributed by atoms with Crippen molar-refractivity contribution >= 4 is 17.7 Å². The molecule has 0 saturated heterocycles. The number of hydrogen-bond donors (Lipinski definition) is 0. The fraction of sp³-hybridized carbons (Fsp3) is 0.148. The summed E-state index contributed by atoms with van der Waals surface area (Å²) in [7, 11) is 1.76. The molecule has 0 fully saturated rings. The Labute approximate surface area is 177 Å². The molecule has 150 valence electrons. The molecule has 0 atom stereocenters. The van der Waals surface area contributed by atoms with Gasteiger partial charge in [0, 0.05) is 13.6 Å². The zero-order valence-electron chi connectivity index (χ0n) is 17.2. The van der Waals surface area contributed by atoms with Crippen LogP contribution in [-0.4, -0.2) is 24.6 Å². The van der Waals surface area contributed by atoms with Crippen LogP contribution < -0.4 is 4.74 Å². The average Bonchev–Trinajstić information content (AvgIpc) is 2.95. The number of amides is 1. The van der Waals surface area contributed by atoms with Crippen LogP contribution in [0.1, 0.15) is 27.8 Å². The van der Waals surface area contributed by atoms with Crippen molar-refractivity contribution < 1.29 is 9.53 Å². The first-order chi connectivity index (χ1) is 14.7. The predicted molar refractivity (Wildman–Crippen MR) is 123 cm³/mol. The summed E-state index contributed by atoms with van der Waals surface area (Å²) in [5.74, 6) is 0.523. The molecule has 0 aliphatic heterocycles. The normalized spacial score (nSPS) is 12.2. The van der Waals surface area contributed by atoms with Crippen molar-refractivity contribution in [2.45, 2.75) is 12.8 Å². The predicted octanol–water partition coefficient (Wildman–Crippen LogP) is 5.99. The maximum absolute atomic E-state index is 12.6. The van der Waals surface area contributed by atoms with Crippen LogP contribution in [0, 0.1) is 0 Å². The number of hydrogen-bond acceptors (Lipinski definition) is 2. The van der Waals surface area contributed by atoms with E-state index in [1.807, 2.05) is 12.1 Å². The van der Waals surface area contributed by atoms with Crippen molar-refractivity contribution in [2.75, 3.05) is 13.6 Å². The maximum Gasteiger partial charge on any atom is 0.415 e. The summed E-state index contributed by atoms with van der Waals surface area (Å²) in [6.45, 7) is 4.19. The number of ether oxygens (including phenoxy) is 1. The number of carbonyl (C=O) groups excluding carboxylic acids is 1. The van der Waals surface area contributed by atoms with Crippen LogP contribution in [0.5, 0.6) is 5.75 Å². The van der Waals surface area contributed by atoms with Crippen molar-refractivity contribution in [2.24, 2.45) is 0 Å². The fourth-order valence-electron chi connectivity index (χ4n) is 3.79. The molecule has 1 aliphatic carbocycles. The van der Waals surface area contributed by atoms with E-state index in [0.29, 0.717) is 12.3 Å². The van der Waals surface area contributed by atoms with Gasteiger partial charge in [-0.15, -0.1) is 0 Å². The third-order valence-corrected chi connectivity index (χ3v) is 5.48. The lowest BCUT2D eigenvalue weighted by molar-refractivity contribution is 0.167. The summed E-state index contributed by atoms with van der Waals surface area (Å²) in [5.41, 5.74) is 7.32. The minimum absolute atomic E-state index is 0.381. The number of rotatable bonds is 4. The highest BCUT2D eigenvalue weighted by Gasteiger charge is 2.18. The molecule has 0 spiro atoms. The zero-order valence-corrected chi connectivity index (χ0v) is 17.2. The Hall–Kier alpha value is -3.59. The summed E-state index contributed by atoms with van der Waals surface area (Å²) >= 11 is 0. The number of aryl methyl sites for hydroxylation is 2. The van der Waals surface area contributed by atoms with Crippen LogP contribution in [-0.2, 0) is 12.8 Å². The molecular weight excluding hydrogens is 370 g/mol. The van der Waals surface area contributed by atoms with E-state index in [1.54, 1.807) is 30.2 Å². The largest absolute Gasteiger partial charge is 0.415 e. The number of nitrogens with zero attached hydrogens (tertiary/aromatic N) is 1. The number of benzene rings is 3. The van der Waals surface area contributed by atoms with Crippen LogP contribution in [0.3, 0.4) is 0 Å². The SMILES string of the molecule is C=Cc1ccc(OC(=O)N(C)CC=C2c3ccccc3CCc3ccccc32)cc1. The Balaban J connectivity index is 1.56. The van der Waals surface area contributed by atoms with E-state index in [0.717, 1.165) is 18.4 Å². The average molecular weight is 396 g/mol. The van der Waals surface area contributed by atoms with E-state index in [1.165, 1.54) is 27.8 Å². The molecule has 0 bridgehead atoms.